The monoisotopic (exact) mass is 300 g/mol. The molecule has 0 spiro atoms. The van der Waals surface area contributed by atoms with Crippen molar-refractivity contribution < 1.29 is 23.8 Å². The van der Waals surface area contributed by atoms with Crippen LogP contribution >= 0.6 is 0 Å². The molecule has 22 heavy (non-hydrogen) atoms. The van der Waals surface area contributed by atoms with Crippen LogP contribution in [0.2, 0.25) is 0 Å². The summed E-state index contributed by atoms with van der Waals surface area (Å²) in [6.07, 6.45) is 1.45. The molecule has 0 saturated heterocycles. The maximum absolute atomic E-state index is 11.5. The Hall–Kier alpha value is -2.82. The van der Waals surface area contributed by atoms with Gasteiger partial charge in [-0.05, 0) is 24.3 Å². The number of rotatable bonds is 6. The number of benzene rings is 2. The SMILES string of the molecule is COc1cc(C=O)c(-c2cc(C=O)ccc2OC)c(OC)c1. The Kier molecular flexibility index (Phi) is 4.78. The molecule has 0 aliphatic carbocycles. The number of aldehydes is 2. The quantitative estimate of drug-likeness (QED) is 0.767. The summed E-state index contributed by atoms with van der Waals surface area (Å²) in [7, 11) is 4.54. The summed E-state index contributed by atoms with van der Waals surface area (Å²) in [5, 5.41) is 0. The summed E-state index contributed by atoms with van der Waals surface area (Å²) in [5.41, 5.74) is 2.02. The highest BCUT2D eigenvalue weighted by Gasteiger charge is 2.18. The maximum Gasteiger partial charge on any atom is 0.150 e. The van der Waals surface area contributed by atoms with Crippen molar-refractivity contribution in [2.75, 3.05) is 21.3 Å². The van der Waals surface area contributed by atoms with Crippen molar-refractivity contribution in [2.45, 2.75) is 0 Å². The van der Waals surface area contributed by atoms with Gasteiger partial charge >= 0.3 is 0 Å². The van der Waals surface area contributed by atoms with Crippen molar-refractivity contribution in [1.29, 1.82) is 0 Å². The van der Waals surface area contributed by atoms with Gasteiger partial charge in [-0.3, -0.25) is 9.59 Å². The molecular formula is C17H16O5. The summed E-state index contributed by atoms with van der Waals surface area (Å²) in [6.45, 7) is 0. The fourth-order valence-electron chi connectivity index (χ4n) is 2.27. The molecular weight excluding hydrogens is 284 g/mol. The predicted octanol–water partition coefficient (Wildman–Crippen LogP) is 3.00. The Morgan fingerprint density at radius 2 is 1.55 bits per heavy atom. The third-order valence-electron chi connectivity index (χ3n) is 3.32. The number of hydrogen-bond donors (Lipinski definition) is 0. The Morgan fingerprint density at radius 3 is 2.09 bits per heavy atom. The molecule has 5 heteroatoms. The van der Waals surface area contributed by atoms with Crippen molar-refractivity contribution in [3.8, 4) is 28.4 Å². The van der Waals surface area contributed by atoms with Gasteiger partial charge in [0.2, 0.25) is 0 Å². The van der Waals surface area contributed by atoms with Gasteiger partial charge in [-0.1, -0.05) is 0 Å². The second kappa shape index (κ2) is 6.76. The zero-order chi connectivity index (χ0) is 16.1. The lowest BCUT2D eigenvalue weighted by atomic mass is 9.96. The van der Waals surface area contributed by atoms with E-state index in [0.717, 1.165) is 6.29 Å². The fourth-order valence-corrected chi connectivity index (χ4v) is 2.27. The van der Waals surface area contributed by atoms with E-state index in [0.29, 0.717) is 45.8 Å². The standard InChI is InChI=1S/C17H16O5/c1-20-13-7-12(10-19)17(16(8-13)22-3)14-6-11(9-18)4-5-15(14)21-2/h4-10H,1-3H3. The van der Waals surface area contributed by atoms with Gasteiger partial charge in [0.25, 0.3) is 0 Å². The molecule has 0 amide bonds. The van der Waals surface area contributed by atoms with Crippen LogP contribution in [0.4, 0.5) is 0 Å². The normalized spacial score (nSPS) is 9.95. The molecule has 0 aromatic heterocycles. The minimum Gasteiger partial charge on any atom is -0.497 e. The van der Waals surface area contributed by atoms with Gasteiger partial charge in [0.15, 0.2) is 6.29 Å². The summed E-state index contributed by atoms with van der Waals surface area (Å²) in [5.74, 6) is 1.51. The summed E-state index contributed by atoms with van der Waals surface area (Å²) in [6, 6.07) is 8.26. The van der Waals surface area contributed by atoms with Crippen molar-refractivity contribution in [2.24, 2.45) is 0 Å². The zero-order valence-electron chi connectivity index (χ0n) is 12.6. The number of methoxy groups -OCH3 is 3. The zero-order valence-corrected chi connectivity index (χ0v) is 12.6. The lowest BCUT2D eigenvalue weighted by molar-refractivity contribution is 0.111. The van der Waals surface area contributed by atoms with E-state index < -0.39 is 0 Å². The van der Waals surface area contributed by atoms with Crippen LogP contribution in [0.15, 0.2) is 30.3 Å². The van der Waals surface area contributed by atoms with E-state index in [1.54, 1.807) is 30.3 Å². The number of hydrogen-bond acceptors (Lipinski definition) is 5. The van der Waals surface area contributed by atoms with E-state index in [1.165, 1.54) is 21.3 Å². The van der Waals surface area contributed by atoms with Crippen LogP contribution in [0.3, 0.4) is 0 Å². The van der Waals surface area contributed by atoms with E-state index in [-0.39, 0.29) is 0 Å². The lowest BCUT2D eigenvalue weighted by Gasteiger charge is -2.16. The molecule has 0 aliphatic rings. The Bertz CT molecular complexity index is 706. The molecule has 0 fully saturated rings. The van der Waals surface area contributed by atoms with Gasteiger partial charge in [-0.15, -0.1) is 0 Å². The number of ether oxygens (including phenoxy) is 3. The fraction of sp³-hybridized carbons (Fsp3) is 0.176. The molecule has 0 atom stereocenters. The van der Waals surface area contributed by atoms with Gasteiger partial charge in [-0.2, -0.15) is 0 Å². The average molecular weight is 300 g/mol. The highest BCUT2D eigenvalue weighted by Crippen LogP contribution is 2.41. The van der Waals surface area contributed by atoms with Gasteiger partial charge in [0.1, 0.15) is 23.5 Å². The largest absolute Gasteiger partial charge is 0.497 e. The first-order valence-electron chi connectivity index (χ1n) is 6.53. The number of carbonyl (C=O) groups is 2. The minimum atomic E-state index is 0.387. The first kappa shape index (κ1) is 15.6. The molecule has 0 N–H and O–H groups in total. The molecule has 2 rings (SSSR count). The van der Waals surface area contributed by atoms with Gasteiger partial charge < -0.3 is 14.2 Å². The van der Waals surface area contributed by atoms with Crippen LogP contribution in [0.25, 0.3) is 11.1 Å². The van der Waals surface area contributed by atoms with Gasteiger partial charge in [0.05, 0.1) is 21.3 Å². The molecule has 0 heterocycles. The molecule has 5 nitrogen and oxygen atoms in total. The molecule has 0 saturated carbocycles. The Balaban J connectivity index is 2.80. The van der Waals surface area contributed by atoms with Gasteiger partial charge in [0, 0.05) is 28.3 Å². The van der Waals surface area contributed by atoms with Crippen LogP contribution in [-0.2, 0) is 0 Å². The molecule has 2 aromatic carbocycles. The van der Waals surface area contributed by atoms with E-state index in [1.807, 2.05) is 0 Å². The highest BCUT2D eigenvalue weighted by atomic mass is 16.5. The summed E-state index contributed by atoms with van der Waals surface area (Å²) >= 11 is 0. The van der Waals surface area contributed by atoms with Gasteiger partial charge in [-0.25, -0.2) is 0 Å². The number of carbonyl (C=O) groups excluding carboxylic acids is 2. The maximum atomic E-state index is 11.5. The molecule has 2 aromatic rings. The minimum absolute atomic E-state index is 0.387. The topological polar surface area (TPSA) is 61.8 Å². The second-order valence-electron chi connectivity index (χ2n) is 4.49. The van der Waals surface area contributed by atoms with Crippen LogP contribution in [0, 0.1) is 0 Å². The summed E-state index contributed by atoms with van der Waals surface area (Å²) < 4.78 is 15.9. The Labute approximate surface area is 128 Å². The molecule has 0 aliphatic heterocycles. The second-order valence-corrected chi connectivity index (χ2v) is 4.49. The van der Waals surface area contributed by atoms with Crippen molar-refractivity contribution in [3.05, 3.63) is 41.5 Å². The predicted molar refractivity (Wildman–Crippen MR) is 82.3 cm³/mol. The average Bonchev–Trinajstić information content (AvgIpc) is 2.59. The molecule has 0 unspecified atom stereocenters. The molecule has 114 valence electrons. The van der Waals surface area contributed by atoms with E-state index in [9.17, 15) is 9.59 Å². The highest BCUT2D eigenvalue weighted by molar-refractivity contribution is 5.94. The first-order chi connectivity index (χ1) is 10.7. The van der Waals surface area contributed by atoms with E-state index in [4.69, 9.17) is 14.2 Å². The molecule has 0 radical (unpaired) electrons. The summed E-state index contributed by atoms with van der Waals surface area (Å²) in [4.78, 5) is 22.5. The van der Waals surface area contributed by atoms with Crippen LogP contribution < -0.4 is 14.2 Å². The Morgan fingerprint density at radius 1 is 0.818 bits per heavy atom. The first-order valence-corrected chi connectivity index (χ1v) is 6.53. The smallest absolute Gasteiger partial charge is 0.150 e. The third kappa shape index (κ3) is 2.79. The van der Waals surface area contributed by atoms with E-state index >= 15 is 0 Å². The lowest BCUT2D eigenvalue weighted by Crippen LogP contribution is -1.98. The third-order valence-corrected chi connectivity index (χ3v) is 3.32. The van der Waals surface area contributed by atoms with Crippen LogP contribution in [0.1, 0.15) is 20.7 Å². The molecule has 0 bridgehead atoms. The van der Waals surface area contributed by atoms with Crippen LogP contribution in [0.5, 0.6) is 17.2 Å². The van der Waals surface area contributed by atoms with Crippen LogP contribution in [-0.4, -0.2) is 33.9 Å². The van der Waals surface area contributed by atoms with E-state index in [2.05, 4.69) is 0 Å². The van der Waals surface area contributed by atoms with Crippen molar-refractivity contribution in [1.82, 2.24) is 0 Å². The van der Waals surface area contributed by atoms with Crippen molar-refractivity contribution in [3.63, 3.8) is 0 Å². The van der Waals surface area contributed by atoms with Crippen molar-refractivity contribution >= 4 is 12.6 Å².